The maximum absolute atomic E-state index is 15.6. The summed E-state index contributed by atoms with van der Waals surface area (Å²) in [6, 6.07) is 23.1. The number of benzene rings is 3. The fourth-order valence-electron chi connectivity index (χ4n) is 6.18. The lowest BCUT2D eigenvalue weighted by molar-refractivity contribution is 0.112. The first kappa shape index (κ1) is 40.1. The second-order valence-electron chi connectivity index (χ2n) is 12.7. The molecule has 0 aliphatic heterocycles. The molecule has 8 aromatic rings. The summed E-state index contributed by atoms with van der Waals surface area (Å²) in [5.41, 5.74) is 7.79. The first-order chi connectivity index (χ1) is 27.7. The molecule has 5 aromatic heterocycles. The molecule has 15 heteroatoms. The number of fused-ring (bicyclic) bond motifs is 2. The number of nitrogens with zero attached hydrogens (tertiary/aromatic N) is 7. The van der Waals surface area contributed by atoms with Gasteiger partial charge in [0.2, 0.25) is 5.88 Å². The molecule has 0 aliphatic carbocycles. The van der Waals surface area contributed by atoms with Gasteiger partial charge in [-0.3, -0.25) is 19.3 Å². The number of nitrogens with one attached hydrogen (secondary N) is 2. The zero-order valence-corrected chi connectivity index (χ0v) is 32.4. The highest BCUT2D eigenvalue weighted by Gasteiger charge is 2.17. The maximum atomic E-state index is 15.6. The normalized spacial score (nSPS) is 10.8. The van der Waals surface area contributed by atoms with Gasteiger partial charge in [-0.15, -0.1) is 0 Å². The molecule has 0 bridgehead atoms. The first-order valence-corrected chi connectivity index (χ1v) is 18.2. The van der Waals surface area contributed by atoms with Crippen molar-refractivity contribution >= 4 is 45.5 Å². The monoisotopic (exact) mass is 793 g/mol. The number of hydrogen-bond donors (Lipinski definition) is 2. The van der Waals surface area contributed by atoms with Crippen LogP contribution < -0.4 is 10.1 Å². The minimum atomic E-state index is -0.469. The van der Waals surface area contributed by atoms with Crippen molar-refractivity contribution in [2.24, 2.45) is 0 Å². The Kier molecular flexibility index (Phi) is 13.0. The minimum Gasteiger partial charge on any atom is -0.471 e. The number of aromatic nitrogens is 8. The molecule has 292 valence electrons. The van der Waals surface area contributed by atoms with Crippen LogP contribution in [0, 0.1) is 18.6 Å². The Morgan fingerprint density at radius 3 is 2.54 bits per heavy atom. The number of H-pyrrole nitrogens is 1. The second-order valence-corrected chi connectivity index (χ2v) is 13.1. The highest BCUT2D eigenvalue weighted by molar-refractivity contribution is 6.30. The molecule has 0 radical (unpaired) electrons. The summed E-state index contributed by atoms with van der Waals surface area (Å²) in [6.45, 7) is 5.51. The summed E-state index contributed by atoms with van der Waals surface area (Å²) < 4.78 is 48.3. The zero-order valence-electron chi connectivity index (χ0n) is 31.6. The van der Waals surface area contributed by atoms with Gasteiger partial charge in [-0.2, -0.15) is 5.10 Å². The van der Waals surface area contributed by atoms with Crippen LogP contribution in [0.2, 0.25) is 5.02 Å². The Hall–Kier alpha value is -6.54. The van der Waals surface area contributed by atoms with E-state index in [1.54, 1.807) is 43.5 Å². The number of aryl methyl sites for hydroxylation is 2. The summed E-state index contributed by atoms with van der Waals surface area (Å²) in [6.07, 6.45) is 6.22. The molecular weight excluding hydrogens is 755 g/mol. The minimum absolute atomic E-state index is 0.247. The lowest BCUT2D eigenvalue weighted by Crippen LogP contribution is -2.10. The van der Waals surface area contributed by atoms with Crippen molar-refractivity contribution in [3.8, 4) is 17.1 Å². The molecule has 0 unspecified atom stereocenters. The van der Waals surface area contributed by atoms with Crippen molar-refractivity contribution < 1.29 is 22.7 Å². The molecule has 0 spiro atoms. The number of halogens is 4. The van der Waals surface area contributed by atoms with Gasteiger partial charge in [-0.1, -0.05) is 29.8 Å². The van der Waals surface area contributed by atoms with Crippen LogP contribution in [-0.4, -0.2) is 59.8 Å². The van der Waals surface area contributed by atoms with Gasteiger partial charge in [0.1, 0.15) is 30.1 Å². The zero-order chi connectivity index (χ0) is 40.5. The fraction of sp³-hybridized carbons (Fsp3) is 0.190. The van der Waals surface area contributed by atoms with Gasteiger partial charge in [-0.05, 0) is 74.0 Å². The second kappa shape index (κ2) is 18.4. The Bertz CT molecular complexity index is 2620. The van der Waals surface area contributed by atoms with E-state index in [2.05, 4.69) is 46.5 Å². The number of pyridine rings is 2. The number of aromatic amines is 1. The first-order valence-electron chi connectivity index (χ1n) is 17.8. The molecule has 0 fully saturated rings. The van der Waals surface area contributed by atoms with Crippen molar-refractivity contribution in [1.29, 1.82) is 0 Å². The number of hydrogen-bond acceptors (Lipinski definition) is 8. The number of anilines is 1. The highest BCUT2D eigenvalue weighted by Crippen LogP contribution is 2.27. The van der Waals surface area contributed by atoms with Crippen molar-refractivity contribution in [3.05, 3.63) is 148 Å². The van der Waals surface area contributed by atoms with Crippen molar-refractivity contribution in [1.82, 2.24) is 39.3 Å². The smallest absolute Gasteiger partial charge is 0.214 e. The van der Waals surface area contributed by atoms with Gasteiger partial charge in [0.15, 0.2) is 5.82 Å². The van der Waals surface area contributed by atoms with E-state index >= 15 is 4.39 Å². The van der Waals surface area contributed by atoms with E-state index in [-0.39, 0.29) is 17.9 Å². The third-order valence-electron chi connectivity index (χ3n) is 9.11. The third-order valence-corrected chi connectivity index (χ3v) is 9.34. The van der Waals surface area contributed by atoms with Crippen LogP contribution in [0.1, 0.15) is 45.8 Å². The molecule has 0 aliphatic rings. The van der Waals surface area contributed by atoms with Gasteiger partial charge < -0.3 is 19.2 Å². The van der Waals surface area contributed by atoms with E-state index < -0.39 is 5.82 Å². The Morgan fingerprint density at radius 2 is 1.81 bits per heavy atom. The van der Waals surface area contributed by atoms with Crippen LogP contribution in [-0.2, 0) is 26.1 Å². The summed E-state index contributed by atoms with van der Waals surface area (Å²) in [5.74, 6) is 0.413. The molecule has 5 heterocycles. The molecule has 57 heavy (non-hydrogen) atoms. The van der Waals surface area contributed by atoms with Gasteiger partial charge in [-0.25, -0.2) is 23.7 Å². The molecule has 0 amide bonds. The van der Waals surface area contributed by atoms with Gasteiger partial charge >= 0.3 is 0 Å². The molecule has 8 rings (SSSR count). The van der Waals surface area contributed by atoms with Crippen molar-refractivity contribution in [3.63, 3.8) is 0 Å². The molecule has 0 saturated carbocycles. The topological polar surface area (TPSA) is 128 Å². The third kappa shape index (κ3) is 9.30. The van der Waals surface area contributed by atoms with Crippen LogP contribution in [0.15, 0.2) is 97.6 Å². The van der Waals surface area contributed by atoms with Gasteiger partial charge in [0.05, 0.1) is 53.2 Å². The number of rotatable bonds is 11. The standard InChI is InChI=1S/C32H29ClFN7O.C9H7FN2O.CH3F/c1-3-40-20-36-17-26(40)18-41-30-12-11-24(35-2)15-29(30)38-31(41)14-21-7-8-22(13-27(21)34)28-5-4-6-32(39-28)42-19-25-10-9-23(33)16-37-25;1-5-7-2-6(4-13)3-8(10)9(7)12-11-5;1-2/h4-13,15-17,20,35H,3,14,18-19H2,1-2H3;2-4H,1H3,(H,11,12);1H3. The van der Waals surface area contributed by atoms with Crippen LogP contribution >= 0.6 is 11.6 Å². The Morgan fingerprint density at radius 1 is 0.965 bits per heavy atom. The van der Waals surface area contributed by atoms with E-state index in [1.165, 1.54) is 12.1 Å². The number of ether oxygens (including phenoxy) is 1. The number of alkyl halides is 1. The molecular formula is C42H39ClF3N9O2. The fourth-order valence-corrected chi connectivity index (χ4v) is 6.29. The van der Waals surface area contributed by atoms with Crippen LogP contribution in [0.5, 0.6) is 5.88 Å². The van der Waals surface area contributed by atoms with E-state index in [0.717, 1.165) is 46.2 Å². The van der Waals surface area contributed by atoms with E-state index in [0.29, 0.717) is 65.1 Å². The molecule has 0 atom stereocenters. The lowest BCUT2D eigenvalue weighted by atomic mass is 10.1. The Balaban J connectivity index is 0.000000307. The van der Waals surface area contributed by atoms with E-state index in [1.807, 2.05) is 56.0 Å². The summed E-state index contributed by atoms with van der Waals surface area (Å²) in [4.78, 5) is 28.5. The van der Waals surface area contributed by atoms with Crippen molar-refractivity contribution in [2.45, 2.75) is 40.0 Å². The maximum Gasteiger partial charge on any atom is 0.214 e. The predicted octanol–water partition coefficient (Wildman–Crippen LogP) is 9.17. The largest absolute Gasteiger partial charge is 0.471 e. The lowest BCUT2D eigenvalue weighted by Gasteiger charge is -2.12. The highest BCUT2D eigenvalue weighted by atomic mass is 35.5. The molecule has 0 saturated heterocycles. The molecule has 11 nitrogen and oxygen atoms in total. The van der Waals surface area contributed by atoms with Crippen LogP contribution in [0.25, 0.3) is 33.2 Å². The average Bonchev–Trinajstić information content (AvgIpc) is 3.96. The van der Waals surface area contributed by atoms with Crippen LogP contribution in [0.4, 0.5) is 18.9 Å². The van der Waals surface area contributed by atoms with Crippen molar-refractivity contribution in [2.75, 3.05) is 19.5 Å². The quantitative estimate of drug-likeness (QED) is 0.124. The molecule has 2 N–H and O–H groups in total. The number of aldehydes is 1. The number of imidazole rings is 2. The molecule has 3 aromatic carbocycles. The summed E-state index contributed by atoms with van der Waals surface area (Å²) in [7, 11) is 2.38. The SMILES string of the molecule is CCn1cncc1Cn1c(Cc2ccc(-c3cccc(OCc4ccc(Cl)cn4)n3)cc2F)nc2cc(NC)ccc21.CF.Cc1[nH]nc2c(F)cc(C=O)cc12. The summed E-state index contributed by atoms with van der Waals surface area (Å²) >= 11 is 5.91. The van der Waals surface area contributed by atoms with E-state index in [9.17, 15) is 13.6 Å². The van der Waals surface area contributed by atoms with Crippen LogP contribution in [0.3, 0.4) is 0 Å². The van der Waals surface area contributed by atoms with Gasteiger partial charge in [0, 0.05) is 66.4 Å². The average molecular weight is 794 g/mol. The van der Waals surface area contributed by atoms with E-state index in [4.69, 9.17) is 21.3 Å². The number of carbonyl (C=O) groups excluding carboxylic acids is 1. The number of carbonyl (C=O) groups is 1. The Labute approximate surface area is 331 Å². The predicted molar refractivity (Wildman–Crippen MR) is 216 cm³/mol. The summed E-state index contributed by atoms with van der Waals surface area (Å²) in [5, 5.41) is 10.8. The van der Waals surface area contributed by atoms with Gasteiger partial charge in [0.25, 0.3) is 0 Å².